The number of amides is 1. The molecule has 0 aliphatic carbocycles. The minimum Gasteiger partial charge on any atom is -0.491 e. The second-order valence-electron chi connectivity index (χ2n) is 2.68. The first-order valence-electron chi connectivity index (χ1n) is 4.10. The van der Waals surface area contributed by atoms with Gasteiger partial charge in [0.15, 0.2) is 17.4 Å². The van der Waals surface area contributed by atoms with Crippen LogP contribution in [0.5, 0.6) is 5.75 Å². The third-order valence-corrected chi connectivity index (χ3v) is 1.69. The van der Waals surface area contributed by atoms with Crippen LogP contribution in [0.1, 0.15) is 0 Å². The van der Waals surface area contributed by atoms with Gasteiger partial charge in [-0.05, 0) is 12.1 Å². The summed E-state index contributed by atoms with van der Waals surface area (Å²) < 4.78 is 30.9. The summed E-state index contributed by atoms with van der Waals surface area (Å²) in [6.07, 6.45) is 0.537. The lowest BCUT2D eigenvalue weighted by Gasteiger charge is -2.08. The van der Waals surface area contributed by atoms with E-state index in [-0.39, 0.29) is 5.69 Å². The molecule has 0 spiro atoms. The zero-order chi connectivity index (χ0) is 12.1. The smallest absolute Gasteiger partial charge is 0.270 e. The van der Waals surface area contributed by atoms with Crippen molar-refractivity contribution < 1.29 is 23.5 Å². The van der Waals surface area contributed by atoms with E-state index >= 15 is 0 Å². The maximum Gasteiger partial charge on any atom is 0.270 e. The molecule has 0 unspecified atom stereocenters. The van der Waals surface area contributed by atoms with E-state index in [2.05, 4.69) is 9.89 Å². The molecule has 0 fully saturated rings. The maximum absolute atomic E-state index is 13.4. The van der Waals surface area contributed by atoms with E-state index in [0.717, 1.165) is 19.2 Å². The van der Waals surface area contributed by atoms with E-state index in [1.807, 2.05) is 5.32 Å². The van der Waals surface area contributed by atoms with Gasteiger partial charge in [0, 0.05) is 0 Å². The Bertz CT molecular complexity index is 435. The molecule has 1 rings (SSSR count). The molecule has 0 saturated carbocycles. The molecule has 0 aromatic heterocycles. The molecule has 0 heterocycles. The minimum atomic E-state index is -1.04. The molecule has 1 aromatic rings. The van der Waals surface area contributed by atoms with Crippen LogP contribution in [0.2, 0.25) is 0 Å². The molecule has 0 atom stereocenters. The lowest BCUT2D eigenvalue weighted by Crippen LogP contribution is -2.14. The summed E-state index contributed by atoms with van der Waals surface area (Å²) in [4.78, 5) is 10.9. The fraction of sp³-hybridized carbons (Fsp3) is 0.111. The Morgan fingerprint density at radius 3 is 2.81 bits per heavy atom. The number of nitrogens with one attached hydrogen (secondary N) is 1. The number of rotatable bonds is 3. The molecular formula is C9H8F2N2O3. The van der Waals surface area contributed by atoms with Crippen LogP contribution in [0.25, 0.3) is 0 Å². The first kappa shape index (κ1) is 11.9. The van der Waals surface area contributed by atoms with E-state index in [0.29, 0.717) is 6.21 Å². The summed E-state index contributed by atoms with van der Waals surface area (Å²) in [7, 11) is 1.10. The number of hydrogen-bond donors (Lipinski definition) is 2. The molecule has 0 bridgehead atoms. The van der Waals surface area contributed by atoms with E-state index in [1.54, 1.807) is 0 Å². The van der Waals surface area contributed by atoms with Crippen LogP contribution in [0.3, 0.4) is 0 Å². The van der Waals surface area contributed by atoms with Crippen molar-refractivity contribution in [2.75, 3.05) is 12.4 Å². The first-order valence-corrected chi connectivity index (χ1v) is 4.10. The van der Waals surface area contributed by atoms with Gasteiger partial charge in [-0.25, -0.2) is 8.78 Å². The highest BCUT2D eigenvalue weighted by molar-refractivity contribution is 6.31. The number of oxime groups is 1. The summed E-state index contributed by atoms with van der Waals surface area (Å²) in [5, 5.41) is 12.6. The average molecular weight is 230 g/mol. The Balaban J connectivity index is 3.02. The van der Waals surface area contributed by atoms with Gasteiger partial charge in [0.25, 0.3) is 5.91 Å². The second-order valence-corrected chi connectivity index (χ2v) is 2.68. The van der Waals surface area contributed by atoms with Gasteiger partial charge in [-0.3, -0.25) is 4.79 Å². The molecule has 0 aliphatic rings. The third kappa shape index (κ3) is 2.44. The van der Waals surface area contributed by atoms with E-state index in [9.17, 15) is 13.6 Å². The average Bonchev–Trinajstić information content (AvgIpc) is 2.23. The maximum atomic E-state index is 13.4. The number of anilines is 1. The van der Waals surface area contributed by atoms with Crippen molar-refractivity contribution in [2.24, 2.45) is 5.16 Å². The van der Waals surface area contributed by atoms with Crippen LogP contribution < -0.4 is 10.1 Å². The lowest BCUT2D eigenvalue weighted by atomic mass is 10.2. The van der Waals surface area contributed by atoms with Crippen molar-refractivity contribution in [3.05, 3.63) is 23.8 Å². The molecular weight excluding hydrogens is 222 g/mol. The van der Waals surface area contributed by atoms with Crippen molar-refractivity contribution in [1.82, 2.24) is 0 Å². The van der Waals surface area contributed by atoms with E-state index in [1.165, 1.54) is 0 Å². The monoisotopic (exact) mass is 230 g/mol. The van der Waals surface area contributed by atoms with Gasteiger partial charge in [-0.1, -0.05) is 5.16 Å². The Morgan fingerprint density at radius 2 is 2.25 bits per heavy atom. The van der Waals surface area contributed by atoms with E-state index in [4.69, 9.17) is 5.21 Å². The van der Waals surface area contributed by atoms with Crippen molar-refractivity contribution in [1.29, 1.82) is 0 Å². The van der Waals surface area contributed by atoms with Crippen molar-refractivity contribution in [3.8, 4) is 5.75 Å². The lowest BCUT2D eigenvalue weighted by molar-refractivity contribution is -0.110. The molecule has 2 N–H and O–H groups in total. The number of benzene rings is 1. The van der Waals surface area contributed by atoms with Crippen LogP contribution in [0.15, 0.2) is 17.3 Å². The van der Waals surface area contributed by atoms with Gasteiger partial charge >= 0.3 is 0 Å². The molecule has 1 amide bonds. The van der Waals surface area contributed by atoms with Gasteiger partial charge < -0.3 is 15.3 Å². The van der Waals surface area contributed by atoms with Crippen LogP contribution in [0, 0.1) is 11.6 Å². The highest BCUT2D eigenvalue weighted by atomic mass is 19.1. The molecule has 5 nitrogen and oxygen atoms in total. The van der Waals surface area contributed by atoms with Gasteiger partial charge in [-0.15, -0.1) is 0 Å². The quantitative estimate of drug-likeness (QED) is 0.468. The van der Waals surface area contributed by atoms with E-state index < -0.39 is 23.3 Å². The van der Waals surface area contributed by atoms with Crippen LogP contribution in [-0.2, 0) is 4.79 Å². The van der Waals surface area contributed by atoms with Crippen molar-refractivity contribution in [3.63, 3.8) is 0 Å². The number of ether oxygens (including phenoxy) is 1. The van der Waals surface area contributed by atoms with Crippen molar-refractivity contribution in [2.45, 2.75) is 0 Å². The van der Waals surface area contributed by atoms with Crippen LogP contribution >= 0.6 is 0 Å². The normalized spacial score (nSPS) is 10.4. The Hall–Kier alpha value is -2.18. The van der Waals surface area contributed by atoms with Crippen LogP contribution in [-0.4, -0.2) is 24.4 Å². The fourth-order valence-electron chi connectivity index (χ4n) is 1.03. The minimum absolute atomic E-state index is 0.275. The zero-order valence-electron chi connectivity index (χ0n) is 8.20. The van der Waals surface area contributed by atoms with Crippen LogP contribution in [0.4, 0.5) is 14.5 Å². The predicted octanol–water partition coefficient (Wildman–Crippen LogP) is 1.37. The Morgan fingerprint density at radius 1 is 1.56 bits per heavy atom. The summed E-state index contributed by atoms with van der Waals surface area (Å²) in [6, 6.07) is 1.96. The molecule has 16 heavy (non-hydrogen) atoms. The zero-order valence-corrected chi connectivity index (χ0v) is 8.20. The standard InChI is InChI=1S/C9H8F2N2O3/c1-16-9-5(10)2-3-6(8(9)11)13-7(14)4-12-15/h2-4,15H,1H3,(H,13,14). The molecule has 7 heteroatoms. The Labute approximate surface area is 89.3 Å². The summed E-state index contributed by atoms with van der Waals surface area (Å²) in [5.41, 5.74) is -0.275. The predicted molar refractivity (Wildman–Crippen MR) is 51.8 cm³/mol. The number of nitrogens with zero attached hydrogens (tertiary/aromatic N) is 1. The summed E-state index contributed by atoms with van der Waals surface area (Å²) >= 11 is 0. The number of carbonyl (C=O) groups excluding carboxylic acids is 1. The van der Waals surface area contributed by atoms with Gasteiger partial charge in [0.1, 0.15) is 6.21 Å². The highest BCUT2D eigenvalue weighted by Gasteiger charge is 2.15. The van der Waals surface area contributed by atoms with Gasteiger partial charge in [0.05, 0.1) is 12.8 Å². The summed E-state index contributed by atoms with van der Waals surface area (Å²) in [6.45, 7) is 0. The number of carbonyl (C=O) groups is 1. The number of hydrogen-bond acceptors (Lipinski definition) is 4. The number of methoxy groups -OCH3 is 1. The largest absolute Gasteiger partial charge is 0.491 e. The highest BCUT2D eigenvalue weighted by Crippen LogP contribution is 2.27. The van der Waals surface area contributed by atoms with Crippen molar-refractivity contribution >= 4 is 17.8 Å². The van der Waals surface area contributed by atoms with Gasteiger partial charge in [0.2, 0.25) is 0 Å². The summed E-state index contributed by atoms with van der Waals surface area (Å²) in [5.74, 6) is -3.37. The Kier molecular flexibility index (Phi) is 3.76. The molecule has 86 valence electrons. The molecule has 0 saturated heterocycles. The van der Waals surface area contributed by atoms with Gasteiger partial charge in [-0.2, -0.15) is 0 Å². The number of halogens is 2. The topological polar surface area (TPSA) is 70.9 Å². The molecule has 0 radical (unpaired) electrons. The SMILES string of the molecule is COc1c(F)ccc(NC(=O)C=NO)c1F. The first-order chi connectivity index (χ1) is 7.60. The fourth-order valence-corrected chi connectivity index (χ4v) is 1.03. The third-order valence-electron chi connectivity index (χ3n) is 1.69. The molecule has 0 aliphatic heterocycles. The second kappa shape index (κ2) is 5.06. The molecule has 1 aromatic carbocycles.